The molecule has 0 atom stereocenters. The summed E-state index contributed by atoms with van der Waals surface area (Å²) in [5.41, 5.74) is 0.923. The molecular weight excluding hydrogens is 320 g/mol. The summed E-state index contributed by atoms with van der Waals surface area (Å²) < 4.78 is 0. The van der Waals surface area contributed by atoms with Crippen molar-refractivity contribution in [2.45, 2.75) is 38.6 Å². The first kappa shape index (κ1) is 17.1. The van der Waals surface area contributed by atoms with Crippen LogP contribution in [0.1, 0.15) is 38.7 Å². The fourth-order valence-corrected chi connectivity index (χ4v) is 3.24. The average Bonchev–Trinajstić information content (AvgIpc) is 3.22. The van der Waals surface area contributed by atoms with Crippen molar-refractivity contribution < 1.29 is 14.4 Å². The molecule has 132 valence electrons. The predicted octanol–water partition coefficient (Wildman–Crippen LogP) is 1.73. The lowest BCUT2D eigenvalue weighted by atomic mass is 9.93. The second-order valence-electron chi connectivity index (χ2n) is 6.29. The first-order valence-corrected chi connectivity index (χ1v) is 8.58. The molecule has 7 heteroatoms. The lowest BCUT2D eigenvalue weighted by Gasteiger charge is -2.23. The number of hydrogen-bond acceptors (Lipinski definition) is 4. The Kier molecular flexibility index (Phi) is 4.57. The van der Waals surface area contributed by atoms with Crippen LogP contribution in [-0.4, -0.2) is 52.1 Å². The van der Waals surface area contributed by atoms with Crippen LogP contribution in [0.5, 0.6) is 0 Å². The Labute approximate surface area is 146 Å². The van der Waals surface area contributed by atoms with Crippen molar-refractivity contribution in [2.24, 2.45) is 5.10 Å². The number of nitrogens with one attached hydrogen (secondary N) is 1. The van der Waals surface area contributed by atoms with Crippen LogP contribution in [0.2, 0.25) is 0 Å². The highest BCUT2D eigenvalue weighted by molar-refractivity contribution is 6.09. The highest BCUT2D eigenvalue weighted by atomic mass is 16.2. The van der Waals surface area contributed by atoms with Gasteiger partial charge in [-0.1, -0.05) is 44.2 Å². The summed E-state index contributed by atoms with van der Waals surface area (Å²) in [4.78, 5) is 38.2. The van der Waals surface area contributed by atoms with Gasteiger partial charge in [0.2, 0.25) is 0 Å². The summed E-state index contributed by atoms with van der Waals surface area (Å²) in [5.74, 6) is -0.681. The van der Waals surface area contributed by atoms with E-state index in [0.29, 0.717) is 25.8 Å². The van der Waals surface area contributed by atoms with Gasteiger partial charge in [-0.25, -0.2) is 9.80 Å². The van der Waals surface area contributed by atoms with Crippen molar-refractivity contribution in [2.75, 3.05) is 13.1 Å². The van der Waals surface area contributed by atoms with Crippen LogP contribution in [0.3, 0.4) is 0 Å². The van der Waals surface area contributed by atoms with Crippen molar-refractivity contribution in [3.63, 3.8) is 0 Å². The molecular formula is C18H22N4O3. The number of amides is 4. The SMILES string of the molecule is CCC1(CC)NC(=O)N(CC(=O)N2CCC(c3ccccc3)=N2)C1=O. The summed E-state index contributed by atoms with van der Waals surface area (Å²) in [7, 11) is 0. The smallest absolute Gasteiger partial charge is 0.323 e. The zero-order valence-corrected chi connectivity index (χ0v) is 14.5. The molecule has 25 heavy (non-hydrogen) atoms. The molecule has 0 aliphatic carbocycles. The third kappa shape index (κ3) is 3.01. The molecule has 4 amide bonds. The van der Waals surface area contributed by atoms with Gasteiger partial charge in [0, 0.05) is 6.42 Å². The number of carbonyl (C=O) groups is 3. The minimum Gasteiger partial charge on any atom is -0.323 e. The third-order valence-electron chi connectivity index (χ3n) is 4.94. The average molecular weight is 342 g/mol. The molecule has 1 N–H and O–H groups in total. The zero-order valence-electron chi connectivity index (χ0n) is 14.5. The summed E-state index contributed by atoms with van der Waals surface area (Å²) in [6.45, 7) is 3.88. The van der Waals surface area contributed by atoms with E-state index in [9.17, 15) is 14.4 Å². The van der Waals surface area contributed by atoms with Gasteiger partial charge in [-0.15, -0.1) is 0 Å². The van der Waals surface area contributed by atoms with Gasteiger partial charge in [0.1, 0.15) is 12.1 Å². The van der Waals surface area contributed by atoms with Crippen LogP contribution in [0.15, 0.2) is 35.4 Å². The fraction of sp³-hybridized carbons (Fsp3) is 0.444. The van der Waals surface area contributed by atoms with Gasteiger partial charge in [0.05, 0.1) is 12.3 Å². The first-order valence-electron chi connectivity index (χ1n) is 8.58. The van der Waals surface area contributed by atoms with E-state index in [1.165, 1.54) is 5.01 Å². The topological polar surface area (TPSA) is 82.1 Å². The van der Waals surface area contributed by atoms with Crippen molar-refractivity contribution >= 4 is 23.6 Å². The summed E-state index contributed by atoms with van der Waals surface area (Å²) in [5, 5.41) is 8.43. The molecule has 1 saturated heterocycles. The van der Waals surface area contributed by atoms with Crippen LogP contribution >= 0.6 is 0 Å². The molecule has 0 spiro atoms. The molecule has 0 aromatic heterocycles. The number of imide groups is 1. The molecule has 1 aromatic rings. The molecule has 0 radical (unpaired) electrons. The highest BCUT2D eigenvalue weighted by Gasteiger charge is 2.49. The molecule has 0 bridgehead atoms. The number of urea groups is 1. The number of benzene rings is 1. The molecule has 7 nitrogen and oxygen atoms in total. The summed E-state index contributed by atoms with van der Waals surface area (Å²) in [6.07, 6.45) is 1.65. The predicted molar refractivity (Wildman–Crippen MR) is 92.9 cm³/mol. The highest BCUT2D eigenvalue weighted by Crippen LogP contribution is 2.25. The second kappa shape index (κ2) is 6.66. The quantitative estimate of drug-likeness (QED) is 0.828. The Balaban J connectivity index is 1.70. The third-order valence-corrected chi connectivity index (χ3v) is 4.94. The molecule has 1 fully saturated rings. The number of rotatable bonds is 5. The molecule has 0 saturated carbocycles. The van der Waals surface area contributed by atoms with Gasteiger partial charge >= 0.3 is 6.03 Å². The van der Waals surface area contributed by atoms with E-state index in [1.807, 2.05) is 44.2 Å². The Hall–Kier alpha value is -2.70. The summed E-state index contributed by atoms with van der Waals surface area (Å²) >= 11 is 0. The number of nitrogens with zero attached hydrogens (tertiary/aromatic N) is 3. The lowest BCUT2D eigenvalue weighted by Crippen LogP contribution is -2.46. The van der Waals surface area contributed by atoms with Crippen LogP contribution in [0, 0.1) is 0 Å². The normalized spacial score (nSPS) is 19.2. The Bertz CT molecular complexity index is 725. The molecule has 2 aliphatic rings. The van der Waals surface area contributed by atoms with Gasteiger partial charge in [0.15, 0.2) is 0 Å². The van der Waals surface area contributed by atoms with E-state index in [2.05, 4.69) is 10.4 Å². The van der Waals surface area contributed by atoms with Crippen LogP contribution in [-0.2, 0) is 9.59 Å². The maximum absolute atomic E-state index is 12.6. The van der Waals surface area contributed by atoms with Crippen molar-refractivity contribution in [1.82, 2.24) is 15.2 Å². The van der Waals surface area contributed by atoms with E-state index in [4.69, 9.17) is 0 Å². The van der Waals surface area contributed by atoms with E-state index in [1.54, 1.807) is 0 Å². The first-order chi connectivity index (χ1) is 12.0. The van der Waals surface area contributed by atoms with E-state index in [-0.39, 0.29) is 18.4 Å². The Morgan fingerprint density at radius 3 is 2.48 bits per heavy atom. The minimum absolute atomic E-state index is 0.280. The lowest BCUT2D eigenvalue weighted by molar-refractivity contribution is -0.138. The molecule has 2 aliphatic heterocycles. The zero-order chi connectivity index (χ0) is 18.0. The maximum Gasteiger partial charge on any atom is 0.325 e. The standard InChI is InChI=1S/C18H22N4O3/c1-3-18(4-2)16(24)21(17(25)19-18)12-15(23)22-11-10-14(20-22)13-8-6-5-7-9-13/h5-9H,3-4,10-12H2,1-2H3,(H,19,25). The summed E-state index contributed by atoms with van der Waals surface area (Å²) in [6, 6.07) is 9.15. The molecule has 0 unspecified atom stereocenters. The van der Waals surface area contributed by atoms with Gasteiger partial charge in [-0.05, 0) is 18.4 Å². The van der Waals surface area contributed by atoms with Crippen molar-refractivity contribution in [3.05, 3.63) is 35.9 Å². The van der Waals surface area contributed by atoms with Gasteiger partial charge in [0.25, 0.3) is 11.8 Å². The van der Waals surface area contributed by atoms with Gasteiger partial charge in [-0.3, -0.25) is 14.5 Å². The van der Waals surface area contributed by atoms with E-state index in [0.717, 1.165) is 16.2 Å². The number of hydrazone groups is 1. The van der Waals surface area contributed by atoms with E-state index >= 15 is 0 Å². The van der Waals surface area contributed by atoms with Gasteiger partial charge in [-0.2, -0.15) is 5.10 Å². The maximum atomic E-state index is 12.6. The Morgan fingerprint density at radius 1 is 1.20 bits per heavy atom. The molecule has 2 heterocycles. The fourth-order valence-electron chi connectivity index (χ4n) is 3.24. The Morgan fingerprint density at radius 2 is 1.88 bits per heavy atom. The van der Waals surface area contributed by atoms with E-state index < -0.39 is 11.6 Å². The van der Waals surface area contributed by atoms with Gasteiger partial charge < -0.3 is 5.32 Å². The van der Waals surface area contributed by atoms with Crippen molar-refractivity contribution in [3.8, 4) is 0 Å². The number of hydrogen-bond donors (Lipinski definition) is 1. The van der Waals surface area contributed by atoms with Crippen LogP contribution in [0.4, 0.5) is 4.79 Å². The van der Waals surface area contributed by atoms with Crippen molar-refractivity contribution in [1.29, 1.82) is 0 Å². The second-order valence-corrected chi connectivity index (χ2v) is 6.29. The molecule has 1 aromatic carbocycles. The van der Waals surface area contributed by atoms with Crippen LogP contribution < -0.4 is 5.32 Å². The van der Waals surface area contributed by atoms with Crippen LogP contribution in [0.25, 0.3) is 0 Å². The number of carbonyl (C=O) groups excluding carboxylic acids is 3. The minimum atomic E-state index is -0.888. The monoisotopic (exact) mass is 342 g/mol. The molecule has 3 rings (SSSR count). The largest absolute Gasteiger partial charge is 0.325 e.